The molecule has 0 radical (unpaired) electrons. The summed E-state index contributed by atoms with van der Waals surface area (Å²) in [6.07, 6.45) is 0.954. The number of methoxy groups -OCH3 is 1. The van der Waals surface area contributed by atoms with Crippen molar-refractivity contribution in [1.82, 2.24) is 0 Å². The Bertz CT molecular complexity index is 861. The second-order valence-corrected chi connectivity index (χ2v) is 7.50. The Kier molecular flexibility index (Phi) is 7.30. The number of piperidine rings is 1. The van der Waals surface area contributed by atoms with Gasteiger partial charge in [-0.2, -0.15) is 0 Å². The largest absolute Gasteiger partial charge is 0.497 e. The third kappa shape index (κ3) is 5.73. The van der Waals surface area contributed by atoms with Crippen molar-refractivity contribution in [1.29, 1.82) is 0 Å². The van der Waals surface area contributed by atoms with Crippen LogP contribution in [-0.2, 0) is 20.9 Å². The number of primary amides is 1. The number of hydrogen-bond acceptors (Lipinski definition) is 5. The molecule has 0 bridgehead atoms. The minimum atomic E-state index is -0.594. The first-order valence-electron chi connectivity index (χ1n) is 10.2. The molecule has 1 aliphatic rings. The summed E-state index contributed by atoms with van der Waals surface area (Å²) in [5.41, 5.74) is 8.12. The number of carbonyl (C=O) groups excluding carboxylic acids is 2. The third-order valence-electron chi connectivity index (χ3n) is 5.40. The fourth-order valence-electron chi connectivity index (χ4n) is 3.48. The minimum Gasteiger partial charge on any atom is -0.497 e. The van der Waals surface area contributed by atoms with E-state index in [2.05, 4.69) is 10.2 Å². The van der Waals surface area contributed by atoms with E-state index >= 15 is 0 Å². The highest BCUT2D eigenvalue weighted by Crippen LogP contribution is 2.24. The molecule has 160 valence electrons. The molecule has 0 saturated carbocycles. The molecule has 2 aromatic rings. The molecule has 1 saturated heterocycles. The van der Waals surface area contributed by atoms with Gasteiger partial charge in [-0.05, 0) is 61.7 Å². The van der Waals surface area contributed by atoms with Crippen LogP contribution in [0.25, 0.3) is 0 Å². The van der Waals surface area contributed by atoms with Gasteiger partial charge < -0.3 is 25.4 Å². The minimum absolute atomic E-state index is 0.0294. The molecule has 2 amide bonds. The first kappa shape index (κ1) is 21.6. The molecule has 30 heavy (non-hydrogen) atoms. The van der Waals surface area contributed by atoms with Gasteiger partial charge in [0, 0.05) is 30.4 Å². The van der Waals surface area contributed by atoms with Crippen LogP contribution in [0.4, 0.5) is 11.4 Å². The van der Waals surface area contributed by atoms with Crippen molar-refractivity contribution in [3.63, 3.8) is 0 Å². The number of ether oxygens (including phenoxy) is 2. The van der Waals surface area contributed by atoms with E-state index in [1.165, 1.54) is 0 Å². The van der Waals surface area contributed by atoms with Crippen molar-refractivity contribution >= 4 is 23.2 Å². The number of hydrogen-bond donors (Lipinski definition) is 2. The van der Waals surface area contributed by atoms with Crippen LogP contribution >= 0.6 is 0 Å². The molecule has 2 aromatic carbocycles. The molecular weight excluding hydrogens is 382 g/mol. The Balaban J connectivity index is 1.48. The van der Waals surface area contributed by atoms with Crippen LogP contribution in [-0.4, -0.2) is 38.1 Å². The maximum absolute atomic E-state index is 12.4. The zero-order valence-corrected chi connectivity index (χ0v) is 17.5. The van der Waals surface area contributed by atoms with Gasteiger partial charge in [-0.3, -0.25) is 9.59 Å². The lowest BCUT2D eigenvalue weighted by Gasteiger charge is -2.32. The molecule has 1 unspecified atom stereocenters. The normalized spacial score (nSPS) is 15.5. The molecule has 1 aliphatic heterocycles. The van der Waals surface area contributed by atoms with Crippen LogP contribution in [0.2, 0.25) is 0 Å². The highest BCUT2D eigenvalue weighted by atomic mass is 16.5. The monoisotopic (exact) mass is 411 g/mol. The first-order chi connectivity index (χ1) is 14.5. The number of nitrogens with two attached hydrogens (primary N) is 1. The topological polar surface area (TPSA) is 93.9 Å². The lowest BCUT2D eigenvalue weighted by atomic mass is 9.96. The van der Waals surface area contributed by atoms with Gasteiger partial charge in [-0.1, -0.05) is 12.1 Å². The number of amides is 2. The van der Waals surface area contributed by atoms with Gasteiger partial charge >= 0.3 is 0 Å². The van der Waals surface area contributed by atoms with Gasteiger partial charge in [0.15, 0.2) is 0 Å². The summed E-state index contributed by atoms with van der Waals surface area (Å²) in [6.45, 7) is 3.65. The summed E-state index contributed by atoms with van der Waals surface area (Å²) in [6, 6.07) is 15.3. The van der Waals surface area contributed by atoms with Gasteiger partial charge in [-0.15, -0.1) is 0 Å². The highest BCUT2D eigenvalue weighted by Gasteiger charge is 2.23. The second-order valence-electron chi connectivity index (χ2n) is 7.50. The highest BCUT2D eigenvalue weighted by molar-refractivity contribution is 5.94. The molecule has 3 N–H and O–H groups in total. The molecule has 1 heterocycles. The number of nitrogens with zero attached hydrogens (tertiary/aromatic N) is 1. The average molecular weight is 412 g/mol. The van der Waals surface area contributed by atoms with Crippen LogP contribution in [0.5, 0.6) is 5.75 Å². The second kappa shape index (κ2) is 10.1. The first-order valence-corrected chi connectivity index (χ1v) is 10.2. The summed E-state index contributed by atoms with van der Waals surface area (Å²) in [5.74, 6) is 0.314. The quantitative estimate of drug-likeness (QED) is 0.697. The number of nitrogens with one attached hydrogen (secondary N) is 1. The lowest BCUT2D eigenvalue weighted by molar-refractivity contribution is -0.127. The van der Waals surface area contributed by atoms with E-state index < -0.39 is 6.10 Å². The molecule has 7 heteroatoms. The Labute approximate surface area is 177 Å². The number of benzene rings is 2. The van der Waals surface area contributed by atoms with E-state index in [1.54, 1.807) is 14.0 Å². The van der Waals surface area contributed by atoms with Crippen LogP contribution < -0.4 is 20.7 Å². The smallest absolute Gasteiger partial charge is 0.253 e. The Morgan fingerprint density at radius 1 is 1.17 bits per heavy atom. The zero-order chi connectivity index (χ0) is 21.5. The summed E-state index contributed by atoms with van der Waals surface area (Å²) in [7, 11) is 1.62. The van der Waals surface area contributed by atoms with Crippen molar-refractivity contribution in [3.8, 4) is 5.75 Å². The number of carbonyl (C=O) groups is 2. The fraction of sp³-hybridized carbons (Fsp3) is 0.391. The van der Waals surface area contributed by atoms with E-state index in [0.29, 0.717) is 12.3 Å². The van der Waals surface area contributed by atoms with E-state index in [9.17, 15) is 9.59 Å². The molecule has 0 aliphatic carbocycles. The van der Waals surface area contributed by atoms with Gasteiger partial charge in [-0.25, -0.2) is 0 Å². The van der Waals surface area contributed by atoms with Crippen LogP contribution in [0.15, 0.2) is 48.5 Å². The van der Waals surface area contributed by atoms with Crippen molar-refractivity contribution in [2.24, 2.45) is 11.7 Å². The summed E-state index contributed by atoms with van der Waals surface area (Å²) in [4.78, 5) is 26.0. The molecule has 1 atom stereocenters. The molecule has 0 spiro atoms. The molecule has 7 nitrogen and oxygen atoms in total. The molecule has 1 fully saturated rings. The van der Waals surface area contributed by atoms with E-state index in [1.807, 2.05) is 48.5 Å². The van der Waals surface area contributed by atoms with E-state index in [4.69, 9.17) is 15.2 Å². The zero-order valence-electron chi connectivity index (χ0n) is 17.5. The molecule has 0 aromatic heterocycles. The SMILES string of the molecule is COc1cccc(COC(C)C(=O)Nc2ccc(N3CCC(C(N)=O)CC3)cc2)c1. The van der Waals surface area contributed by atoms with Gasteiger partial charge in [0.2, 0.25) is 5.91 Å². The number of anilines is 2. The van der Waals surface area contributed by atoms with Gasteiger partial charge in [0.1, 0.15) is 11.9 Å². The summed E-state index contributed by atoms with van der Waals surface area (Å²) in [5, 5.41) is 2.88. The van der Waals surface area contributed by atoms with Crippen molar-refractivity contribution < 1.29 is 19.1 Å². The van der Waals surface area contributed by atoms with Crippen LogP contribution in [0, 0.1) is 5.92 Å². The van der Waals surface area contributed by atoms with Crippen LogP contribution in [0.1, 0.15) is 25.3 Å². The Morgan fingerprint density at radius 3 is 2.50 bits per heavy atom. The van der Waals surface area contributed by atoms with Gasteiger partial charge in [0.25, 0.3) is 5.91 Å². The fourth-order valence-corrected chi connectivity index (χ4v) is 3.48. The predicted molar refractivity (Wildman–Crippen MR) is 116 cm³/mol. The maximum Gasteiger partial charge on any atom is 0.253 e. The van der Waals surface area contributed by atoms with E-state index in [0.717, 1.165) is 42.9 Å². The molecule has 3 rings (SSSR count). The van der Waals surface area contributed by atoms with Crippen LogP contribution in [0.3, 0.4) is 0 Å². The predicted octanol–water partition coefficient (Wildman–Crippen LogP) is 2.94. The Morgan fingerprint density at radius 2 is 1.87 bits per heavy atom. The number of rotatable bonds is 8. The van der Waals surface area contributed by atoms with Crippen molar-refractivity contribution in [2.45, 2.75) is 32.5 Å². The summed E-state index contributed by atoms with van der Waals surface area (Å²) < 4.78 is 10.9. The third-order valence-corrected chi connectivity index (χ3v) is 5.40. The van der Waals surface area contributed by atoms with Gasteiger partial charge in [0.05, 0.1) is 13.7 Å². The maximum atomic E-state index is 12.4. The van der Waals surface area contributed by atoms with E-state index in [-0.39, 0.29) is 17.7 Å². The lowest BCUT2D eigenvalue weighted by Crippen LogP contribution is -2.38. The van der Waals surface area contributed by atoms with Crippen molar-refractivity contribution in [3.05, 3.63) is 54.1 Å². The Hall–Kier alpha value is -3.06. The summed E-state index contributed by atoms with van der Waals surface area (Å²) >= 11 is 0. The average Bonchev–Trinajstić information content (AvgIpc) is 2.78. The van der Waals surface area contributed by atoms with Crippen molar-refractivity contribution in [2.75, 3.05) is 30.4 Å². The molecular formula is C23H29N3O4. The standard InChI is InChI=1S/C23H29N3O4/c1-16(30-15-17-4-3-5-21(14-17)29-2)23(28)25-19-6-8-20(9-7-19)26-12-10-18(11-13-26)22(24)27/h3-9,14,16,18H,10-13,15H2,1-2H3,(H2,24,27)(H,25,28).